The Morgan fingerprint density at radius 2 is 1.18 bits per heavy atom. The second-order valence-electron chi connectivity index (χ2n) is 5.29. The summed E-state index contributed by atoms with van der Waals surface area (Å²) < 4.78 is 0. The van der Waals surface area contributed by atoms with Crippen LogP contribution in [0.3, 0.4) is 0 Å². The van der Waals surface area contributed by atoms with Gasteiger partial charge >= 0.3 is 0 Å². The maximum atomic E-state index is 4.47. The molecule has 0 bridgehead atoms. The van der Waals surface area contributed by atoms with Crippen LogP contribution in [-0.2, 0) is 0 Å². The Hall–Kier alpha value is 0. The number of nitrogens with one attached hydrogen (secondary N) is 4. The highest BCUT2D eigenvalue weighted by Crippen LogP contribution is 1.94. The van der Waals surface area contributed by atoms with Crippen LogP contribution in [0.2, 0.25) is 0 Å². The Labute approximate surface area is 168 Å². The van der Waals surface area contributed by atoms with Crippen LogP contribution in [0.25, 0.3) is 0 Å². The molecule has 22 heavy (non-hydrogen) atoms. The zero-order valence-corrected chi connectivity index (χ0v) is 17.9. The van der Waals surface area contributed by atoms with Gasteiger partial charge in [-0.2, -0.15) is 0 Å². The smallest absolute Gasteiger partial charge is 0.191 e. The SMILES string of the molecule is C1CCNC(NCCCCNC2=NCCCCN2)=NC1.I.I. The van der Waals surface area contributed by atoms with Crippen molar-refractivity contribution in [2.75, 3.05) is 39.3 Å². The molecule has 0 radical (unpaired) electrons. The van der Waals surface area contributed by atoms with E-state index in [4.69, 9.17) is 0 Å². The van der Waals surface area contributed by atoms with E-state index in [0.717, 1.165) is 64.0 Å². The minimum absolute atomic E-state index is 0. The first-order valence-electron chi connectivity index (χ1n) is 7.99. The molecule has 0 aromatic carbocycles. The van der Waals surface area contributed by atoms with E-state index in [1.54, 1.807) is 0 Å². The van der Waals surface area contributed by atoms with Crippen LogP contribution in [0.4, 0.5) is 0 Å². The molecular weight excluding hydrogens is 506 g/mol. The number of rotatable bonds is 5. The molecule has 0 aliphatic carbocycles. The van der Waals surface area contributed by atoms with Gasteiger partial charge in [0.1, 0.15) is 0 Å². The Kier molecular flexibility index (Phi) is 14.6. The summed E-state index contributed by atoms with van der Waals surface area (Å²) in [6, 6.07) is 0. The Bertz CT molecular complexity index is 303. The molecule has 0 unspecified atom stereocenters. The first-order chi connectivity index (χ1) is 9.95. The zero-order valence-electron chi connectivity index (χ0n) is 13.2. The minimum Gasteiger partial charge on any atom is -0.356 e. The molecule has 0 saturated carbocycles. The molecule has 130 valence electrons. The molecule has 0 amide bonds. The molecular formula is C14H30I2N6. The van der Waals surface area contributed by atoms with Crippen LogP contribution in [0.15, 0.2) is 9.98 Å². The highest BCUT2D eigenvalue weighted by Gasteiger charge is 2.03. The van der Waals surface area contributed by atoms with E-state index < -0.39 is 0 Å². The molecule has 8 heteroatoms. The summed E-state index contributed by atoms with van der Waals surface area (Å²) in [4.78, 5) is 8.95. The molecule has 0 fully saturated rings. The Morgan fingerprint density at radius 1 is 0.727 bits per heavy atom. The van der Waals surface area contributed by atoms with Gasteiger partial charge in [-0.1, -0.05) is 0 Å². The van der Waals surface area contributed by atoms with E-state index in [1.165, 1.54) is 25.7 Å². The van der Waals surface area contributed by atoms with E-state index in [9.17, 15) is 0 Å². The fourth-order valence-corrected chi connectivity index (χ4v) is 2.28. The maximum Gasteiger partial charge on any atom is 0.191 e. The van der Waals surface area contributed by atoms with Crippen molar-refractivity contribution in [2.24, 2.45) is 9.98 Å². The van der Waals surface area contributed by atoms with Crippen LogP contribution in [0, 0.1) is 0 Å². The molecule has 2 aliphatic rings. The Balaban J connectivity index is 0.00000220. The standard InChI is InChI=1S/C14H28N6.2HI/c1-2-8-16-13(15-7-1)19-11-5-6-12-20-14-17-9-3-4-10-18-14;;/h1-12H2,(H2,15,16,19)(H2,17,18,20);2*1H. The lowest BCUT2D eigenvalue weighted by Gasteiger charge is -2.11. The van der Waals surface area contributed by atoms with Gasteiger partial charge < -0.3 is 21.3 Å². The summed E-state index contributed by atoms with van der Waals surface area (Å²) >= 11 is 0. The molecule has 2 heterocycles. The maximum absolute atomic E-state index is 4.47. The summed E-state index contributed by atoms with van der Waals surface area (Å²) in [5, 5.41) is 13.4. The topological polar surface area (TPSA) is 72.8 Å². The lowest BCUT2D eigenvalue weighted by molar-refractivity contribution is 0.671. The first-order valence-corrected chi connectivity index (χ1v) is 7.99. The largest absolute Gasteiger partial charge is 0.356 e. The second-order valence-corrected chi connectivity index (χ2v) is 5.29. The lowest BCUT2D eigenvalue weighted by atomic mass is 10.3. The van der Waals surface area contributed by atoms with Crippen molar-refractivity contribution < 1.29 is 0 Å². The van der Waals surface area contributed by atoms with Crippen LogP contribution in [0.1, 0.15) is 38.5 Å². The van der Waals surface area contributed by atoms with Gasteiger partial charge in [0.2, 0.25) is 0 Å². The molecule has 4 N–H and O–H groups in total. The molecule has 6 nitrogen and oxygen atoms in total. The fraction of sp³-hybridized carbons (Fsp3) is 0.857. The quantitative estimate of drug-likeness (QED) is 0.319. The summed E-state index contributed by atoms with van der Waals surface area (Å²) in [5.74, 6) is 1.95. The summed E-state index contributed by atoms with van der Waals surface area (Å²) in [6.07, 6.45) is 7.10. The van der Waals surface area contributed by atoms with Crippen molar-refractivity contribution in [3.63, 3.8) is 0 Å². The third-order valence-electron chi connectivity index (χ3n) is 3.48. The molecule has 0 atom stereocenters. The molecule has 0 aromatic rings. The molecule has 2 aliphatic heterocycles. The van der Waals surface area contributed by atoms with E-state index >= 15 is 0 Å². The fourth-order valence-electron chi connectivity index (χ4n) is 2.28. The Morgan fingerprint density at radius 3 is 1.64 bits per heavy atom. The summed E-state index contributed by atoms with van der Waals surface area (Å²) in [7, 11) is 0. The highest BCUT2D eigenvalue weighted by molar-refractivity contribution is 14.0. The minimum atomic E-state index is 0. The number of guanidine groups is 2. The van der Waals surface area contributed by atoms with Gasteiger partial charge in [0.15, 0.2) is 11.9 Å². The number of hydrogen-bond donors (Lipinski definition) is 4. The third kappa shape index (κ3) is 9.90. The molecule has 2 rings (SSSR count). The predicted octanol–water partition coefficient (Wildman–Crippen LogP) is 1.66. The van der Waals surface area contributed by atoms with Gasteiger partial charge in [0, 0.05) is 39.3 Å². The molecule has 0 saturated heterocycles. The van der Waals surface area contributed by atoms with Crippen molar-refractivity contribution >= 4 is 59.9 Å². The van der Waals surface area contributed by atoms with Gasteiger partial charge in [0.05, 0.1) is 0 Å². The average Bonchev–Trinajstić information content (AvgIpc) is 2.87. The van der Waals surface area contributed by atoms with Crippen molar-refractivity contribution in [1.29, 1.82) is 0 Å². The van der Waals surface area contributed by atoms with Gasteiger partial charge in [-0.25, -0.2) is 0 Å². The molecule has 0 spiro atoms. The van der Waals surface area contributed by atoms with Gasteiger partial charge in [-0.3, -0.25) is 9.98 Å². The van der Waals surface area contributed by atoms with Crippen LogP contribution in [-0.4, -0.2) is 51.2 Å². The van der Waals surface area contributed by atoms with Crippen molar-refractivity contribution in [3.05, 3.63) is 0 Å². The predicted molar refractivity (Wildman–Crippen MR) is 115 cm³/mol. The highest BCUT2D eigenvalue weighted by atomic mass is 127. The van der Waals surface area contributed by atoms with Crippen LogP contribution in [0.5, 0.6) is 0 Å². The normalized spacial score (nSPS) is 17.8. The summed E-state index contributed by atoms with van der Waals surface area (Å²) in [5.41, 5.74) is 0. The van der Waals surface area contributed by atoms with Crippen molar-refractivity contribution in [1.82, 2.24) is 21.3 Å². The average molecular weight is 536 g/mol. The number of halogens is 2. The van der Waals surface area contributed by atoms with Crippen molar-refractivity contribution in [3.8, 4) is 0 Å². The zero-order chi connectivity index (χ0) is 13.9. The number of aliphatic imine (C=N–C) groups is 2. The molecule has 0 aromatic heterocycles. The summed E-state index contributed by atoms with van der Waals surface area (Å²) in [6.45, 7) is 5.93. The van der Waals surface area contributed by atoms with Crippen molar-refractivity contribution in [2.45, 2.75) is 38.5 Å². The lowest BCUT2D eigenvalue weighted by Crippen LogP contribution is -2.39. The first kappa shape index (κ1) is 22.0. The van der Waals surface area contributed by atoms with Gasteiger partial charge in [0.25, 0.3) is 0 Å². The van der Waals surface area contributed by atoms with Crippen LogP contribution >= 0.6 is 48.0 Å². The number of unbranched alkanes of at least 4 members (excludes halogenated alkanes) is 1. The number of hydrogen-bond acceptors (Lipinski definition) is 6. The number of nitrogens with zero attached hydrogens (tertiary/aromatic N) is 2. The van der Waals surface area contributed by atoms with Gasteiger partial charge in [-0.05, 0) is 38.5 Å². The van der Waals surface area contributed by atoms with E-state index in [2.05, 4.69) is 31.3 Å². The third-order valence-corrected chi connectivity index (χ3v) is 3.48. The van der Waals surface area contributed by atoms with Gasteiger partial charge in [-0.15, -0.1) is 48.0 Å². The van der Waals surface area contributed by atoms with E-state index in [1.807, 2.05) is 0 Å². The van der Waals surface area contributed by atoms with Crippen LogP contribution < -0.4 is 21.3 Å². The van der Waals surface area contributed by atoms with E-state index in [0.29, 0.717) is 0 Å². The monoisotopic (exact) mass is 536 g/mol. The second kappa shape index (κ2) is 14.6. The van der Waals surface area contributed by atoms with E-state index in [-0.39, 0.29) is 48.0 Å².